The Morgan fingerprint density at radius 2 is 1.61 bits per heavy atom. The predicted octanol–water partition coefficient (Wildman–Crippen LogP) is 7.82. The highest BCUT2D eigenvalue weighted by Crippen LogP contribution is 2.36. The van der Waals surface area contributed by atoms with Crippen LogP contribution in [0.1, 0.15) is 16.7 Å². The van der Waals surface area contributed by atoms with Crippen LogP contribution >= 0.6 is 11.6 Å². The van der Waals surface area contributed by atoms with Crippen molar-refractivity contribution in [2.24, 2.45) is 0 Å². The summed E-state index contributed by atoms with van der Waals surface area (Å²) in [6.45, 7) is 1.04. The molecule has 4 nitrogen and oxygen atoms in total. The second kappa shape index (κ2) is 9.95. The van der Waals surface area contributed by atoms with Gasteiger partial charge in [-0.25, -0.2) is 0 Å². The summed E-state index contributed by atoms with van der Waals surface area (Å²) in [7, 11) is 0. The number of nitrogens with zero attached hydrogens (tertiary/aromatic N) is 3. The molecule has 0 amide bonds. The lowest BCUT2D eigenvalue weighted by atomic mass is 10.1. The number of pyridine rings is 1. The summed E-state index contributed by atoms with van der Waals surface area (Å²) >= 11 is 5.93. The average molecular weight is 508 g/mol. The minimum absolute atomic E-state index is 0.470. The van der Waals surface area contributed by atoms with E-state index < -0.39 is 11.7 Å². The first-order valence-electron chi connectivity index (χ1n) is 11.2. The Bertz CT molecular complexity index is 1360. The molecule has 3 aromatic carbocycles. The Balaban J connectivity index is 1.43. The third kappa shape index (κ3) is 5.47. The number of alkyl halides is 3. The molecule has 36 heavy (non-hydrogen) atoms. The molecule has 1 aliphatic rings. The number of aromatic nitrogens is 1. The molecule has 0 saturated heterocycles. The van der Waals surface area contributed by atoms with Gasteiger partial charge in [0.05, 0.1) is 17.9 Å². The Kier molecular flexibility index (Phi) is 6.57. The fourth-order valence-corrected chi connectivity index (χ4v) is 4.13. The van der Waals surface area contributed by atoms with Crippen LogP contribution in [0, 0.1) is 0 Å². The van der Waals surface area contributed by atoms with Crippen molar-refractivity contribution < 1.29 is 17.9 Å². The zero-order chi connectivity index (χ0) is 25.1. The lowest BCUT2D eigenvalue weighted by molar-refractivity contribution is -0.137. The molecule has 1 aromatic heterocycles. The van der Waals surface area contributed by atoms with Gasteiger partial charge in [-0.05, 0) is 72.3 Å². The second-order valence-electron chi connectivity index (χ2n) is 8.32. The van der Waals surface area contributed by atoms with Crippen LogP contribution in [0.2, 0.25) is 5.02 Å². The van der Waals surface area contributed by atoms with Crippen LogP contribution in [0.3, 0.4) is 0 Å². The van der Waals surface area contributed by atoms with Crippen molar-refractivity contribution in [2.75, 3.05) is 11.6 Å². The van der Waals surface area contributed by atoms with Gasteiger partial charge in [0.2, 0.25) is 0 Å². The zero-order valence-electron chi connectivity index (χ0n) is 19.0. The molecule has 0 radical (unpaired) electrons. The van der Waals surface area contributed by atoms with E-state index >= 15 is 0 Å². The lowest BCUT2D eigenvalue weighted by Crippen LogP contribution is -2.26. The standard InChI is InChI=1S/C28H21ClF3N3O/c29-23-6-10-25(11-7-23)36-26-12-8-24(9-13-26)35-19-34(17-20-3-2-14-33-16-20)18-27(35)21-4-1-5-22(15-21)28(30,31)32/h1-16,18H,17,19H2. The molecule has 0 unspecified atom stereocenters. The number of hydrogen-bond donors (Lipinski definition) is 0. The van der Waals surface area contributed by atoms with Crippen molar-refractivity contribution >= 4 is 23.0 Å². The molecule has 0 aliphatic carbocycles. The highest BCUT2D eigenvalue weighted by Gasteiger charge is 2.32. The first-order valence-corrected chi connectivity index (χ1v) is 11.6. The van der Waals surface area contributed by atoms with E-state index in [4.69, 9.17) is 16.3 Å². The minimum atomic E-state index is -4.42. The van der Waals surface area contributed by atoms with Crippen LogP contribution in [-0.4, -0.2) is 16.6 Å². The highest BCUT2D eigenvalue weighted by molar-refractivity contribution is 6.30. The first kappa shape index (κ1) is 23.8. The summed E-state index contributed by atoms with van der Waals surface area (Å²) in [4.78, 5) is 8.19. The summed E-state index contributed by atoms with van der Waals surface area (Å²) in [5, 5.41) is 0.622. The Morgan fingerprint density at radius 3 is 2.28 bits per heavy atom. The van der Waals surface area contributed by atoms with Crippen molar-refractivity contribution in [2.45, 2.75) is 12.7 Å². The molecule has 8 heteroatoms. The van der Waals surface area contributed by atoms with Gasteiger partial charge in [0.1, 0.15) is 11.5 Å². The quantitative estimate of drug-likeness (QED) is 0.266. The molecule has 0 N–H and O–H groups in total. The molecule has 2 heterocycles. The fourth-order valence-electron chi connectivity index (χ4n) is 4.00. The fraction of sp³-hybridized carbons (Fsp3) is 0.107. The predicted molar refractivity (Wildman–Crippen MR) is 135 cm³/mol. The summed E-state index contributed by atoms with van der Waals surface area (Å²) in [6.07, 6.45) is 0.956. The number of anilines is 1. The van der Waals surface area contributed by atoms with Crippen LogP contribution in [0.5, 0.6) is 11.5 Å². The van der Waals surface area contributed by atoms with Crippen LogP contribution in [-0.2, 0) is 12.7 Å². The van der Waals surface area contributed by atoms with E-state index in [0.29, 0.717) is 41.0 Å². The van der Waals surface area contributed by atoms with Gasteiger partial charge >= 0.3 is 6.18 Å². The van der Waals surface area contributed by atoms with Crippen LogP contribution in [0.4, 0.5) is 18.9 Å². The van der Waals surface area contributed by atoms with Gasteiger partial charge in [0, 0.05) is 41.4 Å². The number of halogens is 4. The molecule has 0 fully saturated rings. The van der Waals surface area contributed by atoms with Crippen LogP contribution in [0.15, 0.2) is 104 Å². The summed E-state index contributed by atoms with van der Waals surface area (Å²) in [6, 6.07) is 23.7. The van der Waals surface area contributed by atoms with Crippen molar-refractivity contribution in [3.8, 4) is 11.5 Å². The third-order valence-electron chi connectivity index (χ3n) is 5.71. The van der Waals surface area contributed by atoms with Gasteiger partial charge in [-0.3, -0.25) is 4.98 Å². The molecule has 1 aliphatic heterocycles. The molecular weight excluding hydrogens is 487 g/mol. The normalized spacial score (nSPS) is 13.6. The molecule has 182 valence electrons. The maximum atomic E-state index is 13.4. The summed E-state index contributed by atoms with van der Waals surface area (Å²) in [5.74, 6) is 1.29. The largest absolute Gasteiger partial charge is 0.457 e. The molecule has 0 atom stereocenters. The van der Waals surface area contributed by atoms with Crippen molar-refractivity contribution in [3.63, 3.8) is 0 Å². The van der Waals surface area contributed by atoms with Crippen LogP contribution in [0.25, 0.3) is 5.70 Å². The average Bonchev–Trinajstić information content (AvgIpc) is 3.30. The highest BCUT2D eigenvalue weighted by atomic mass is 35.5. The van der Waals surface area contributed by atoms with Gasteiger partial charge in [-0.15, -0.1) is 0 Å². The zero-order valence-corrected chi connectivity index (χ0v) is 19.7. The van der Waals surface area contributed by atoms with E-state index in [-0.39, 0.29) is 0 Å². The number of hydrogen-bond acceptors (Lipinski definition) is 4. The minimum Gasteiger partial charge on any atom is -0.457 e. The Hall–Kier alpha value is -3.97. The Labute approximate surface area is 211 Å². The van der Waals surface area contributed by atoms with E-state index in [1.165, 1.54) is 12.1 Å². The maximum Gasteiger partial charge on any atom is 0.416 e. The van der Waals surface area contributed by atoms with E-state index in [9.17, 15) is 13.2 Å². The maximum absolute atomic E-state index is 13.4. The molecular formula is C28H21ClF3N3O. The monoisotopic (exact) mass is 507 g/mol. The number of benzene rings is 3. The van der Waals surface area contributed by atoms with Gasteiger partial charge in [-0.2, -0.15) is 13.2 Å². The topological polar surface area (TPSA) is 28.6 Å². The number of ether oxygens (including phenoxy) is 1. The lowest BCUT2D eigenvalue weighted by Gasteiger charge is -2.25. The smallest absolute Gasteiger partial charge is 0.416 e. The van der Waals surface area contributed by atoms with Gasteiger partial charge in [-0.1, -0.05) is 29.8 Å². The van der Waals surface area contributed by atoms with E-state index in [0.717, 1.165) is 17.3 Å². The van der Waals surface area contributed by atoms with Crippen molar-refractivity contribution in [3.05, 3.63) is 125 Å². The van der Waals surface area contributed by atoms with E-state index in [2.05, 4.69) is 4.98 Å². The molecule has 4 aromatic rings. The first-order chi connectivity index (χ1) is 17.3. The molecule has 0 saturated carbocycles. The number of rotatable bonds is 6. The molecule has 0 bridgehead atoms. The SMILES string of the molecule is FC(F)(F)c1cccc(C2=CN(Cc3cccnc3)CN2c2ccc(Oc3ccc(Cl)cc3)cc2)c1. The van der Waals surface area contributed by atoms with Crippen LogP contribution < -0.4 is 9.64 Å². The molecule has 5 rings (SSSR count). The Morgan fingerprint density at radius 1 is 0.889 bits per heavy atom. The summed E-state index contributed by atoms with van der Waals surface area (Å²) in [5.41, 5.74) is 2.32. The van der Waals surface area contributed by atoms with E-state index in [1.807, 2.05) is 52.4 Å². The summed E-state index contributed by atoms with van der Waals surface area (Å²) < 4.78 is 46.1. The van der Waals surface area contributed by atoms with Gasteiger partial charge < -0.3 is 14.5 Å². The van der Waals surface area contributed by atoms with Crippen molar-refractivity contribution in [1.29, 1.82) is 0 Å². The van der Waals surface area contributed by atoms with Gasteiger partial charge in [0.25, 0.3) is 0 Å². The third-order valence-corrected chi connectivity index (χ3v) is 5.96. The second-order valence-corrected chi connectivity index (χ2v) is 8.76. The molecule has 0 spiro atoms. The van der Waals surface area contributed by atoms with Gasteiger partial charge in [0.15, 0.2) is 0 Å². The van der Waals surface area contributed by atoms with Crippen molar-refractivity contribution in [1.82, 2.24) is 9.88 Å². The van der Waals surface area contributed by atoms with E-state index in [1.54, 1.807) is 42.7 Å².